The number of hydrogen-bond acceptors (Lipinski definition) is 4. The summed E-state index contributed by atoms with van der Waals surface area (Å²) in [6.45, 7) is 3.86. The molecule has 2 aliphatic rings. The number of carbonyl (C=O) groups excluding carboxylic acids is 2. The molecule has 2 saturated heterocycles. The molecule has 6 heteroatoms. The predicted octanol–water partition coefficient (Wildman–Crippen LogP) is 1.24. The van der Waals surface area contributed by atoms with E-state index in [-0.39, 0.29) is 11.8 Å². The van der Waals surface area contributed by atoms with E-state index in [1.54, 1.807) is 22.1 Å². The Labute approximate surface area is 136 Å². The van der Waals surface area contributed by atoms with Gasteiger partial charge in [-0.2, -0.15) is 0 Å². The molecule has 3 rings (SSSR count). The first kappa shape index (κ1) is 15.9. The largest absolute Gasteiger partial charge is 0.361 e. The molecule has 0 bridgehead atoms. The maximum Gasteiger partial charge on any atom is 0.256 e. The van der Waals surface area contributed by atoms with Crippen LogP contribution >= 0.6 is 0 Å². The lowest BCUT2D eigenvalue weighted by molar-refractivity contribution is -0.166. The summed E-state index contributed by atoms with van der Waals surface area (Å²) in [7, 11) is 1.81. The summed E-state index contributed by atoms with van der Waals surface area (Å²) in [6, 6.07) is 3.61. The molecule has 124 valence electrons. The van der Waals surface area contributed by atoms with E-state index < -0.39 is 5.60 Å². The first-order valence-corrected chi connectivity index (χ1v) is 8.13. The van der Waals surface area contributed by atoms with E-state index in [1.165, 1.54) is 0 Å². The lowest BCUT2D eigenvalue weighted by Gasteiger charge is -2.42. The van der Waals surface area contributed by atoms with Gasteiger partial charge in [0, 0.05) is 32.0 Å². The number of ether oxygens (including phenoxy) is 1. The molecule has 2 fully saturated rings. The van der Waals surface area contributed by atoms with Crippen molar-refractivity contribution in [2.24, 2.45) is 0 Å². The van der Waals surface area contributed by atoms with Crippen molar-refractivity contribution in [3.05, 3.63) is 29.6 Å². The summed E-state index contributed by atoms with van der Waals surface area (Å²) >= 11 is 0. The van der Waals surface area contributed by atoms with Gasteiger partial charge < -0.3 is 14.5 Å². The quantitative estimate of drug-likeness (QED) is 0.782. The Balaban J connectivity index is 1.81. The van der Waals surface area contributed by atoms with Crippen molar-refractivity contribution < 1.29 is 14.3 Å². The predicted molar refractivity (Wildman–Crippen MR) is 85.0 cm³/mol. The third-order valence-electron chi connectivity index (χ3n) is 4.69. The summed E-state index contributed by atoms with van der Waals surface area (Å²) in [5.41, 5.74) is 0.555. The molecule has 0 N–H and O–H groups in total. The number of pyridine rings is 1. The van der Waals surface area contributed by atoms with Gasteiger partial charge in [-0.25, -0.2) is 0 Å². The highest BCUT2D eigenvalue weighted by atomic mass is 16.5. The van der Waals surface area contributed by atoms with Crippen molar-refractivity contribution in [2.45, 2.75) is 31.8 Å². The number of morpholine rings is 1. The maximum absolute atomic E-state index is 12.7. The van der Waals surface area contributed by atoms with Crippen LogP contribution in [0, 0.1) is 6.92 Å². The zero-order chi connectivity index (χ0) is 16.4. The van der Waals surface area contributed by atoms with Crippen LogP contribution in [0.15, 0.2) is 18.3 Å². The minimum absolute atomic E-state index is 0.00506. The van der Waals surface area contributed by atoms with E-state index in [2.05, 4.69) is 4.98 Å². The SMILES string of the molecule is Cc1ccc(C(=O)N2CCOC3(CCCCN(C)C3=O)C2)cn1. The van der Waals surface area contributed by atoms with Gasteiger partial charge >= 0.3 is 0 Å². The molecule has 1 atom stereocenters. The van der Waals surface area contributed by atoms with E-state index in [9.17, 15) is 9.59 Å². The number of nitrogens with zero attached hydrogens (tertiary/aromatic N) is 3. The van der Waals surface area contributed by atoms with Gasteiger partial charge in [-0.05, 0) is 38.3 Å². The Kier molecular flexibility index (Phi) is 4.35. The Morgan fingerprint density at radius 3 is 2.87 bits per heavy atom. The number of likely N-dealkylation sites (tertiary alicyclic amines) is 1. The van der Waals surface area contributed by atoms with Gasteiger partial charge in [0.15, 0.2) is 5.60 Å². The summed E-state index contributed by atoms with van der Waals surface area (Å²) in [6.07, 6.45) is 4.18. The molecule has 2 aliphatic heterocycles. The van der Waals surface area contributed by atoms with Crippen molar-refractivity contribution >= 4 is 11.8 Å². The van der Waals surface area contributed by atoms with Crippen molar-refractivity contribution in [1.82, 2.24) is 14.8 Å². The van der Waals surface area contributed by atoms with Gasteiger partial charge in [0.25, 0.3) is 11.8 Å². The number of carbonyl (C=O) groups is 2. The van der Waals surface area contributed by atoms with E-state index >= 15 is 0 Å². The Morgan fingerprint density at radius 2 is 2.13 bits per heavy atom. The zero-order valence-corrected chi connectivity index (χ0v) is 13.7. The highest BCUT2D eigenvalue weighted by Crippen LogP contribution is 2.29. The summed E-state index contributed by atoms with van der Waals surface area (Å²) in [5, 5.41) is 0. The van der Waals surface area contributed by atoms with Gasteiger partial charge in [0.1, 0.15) is 0 Å². The summed E-state index contributed by atoms with van der Waals surface area (Å²) in [5.74, 6) is -0.0885. The fourth-order valence-corrected chi connectivity index (χ4v) is 3.33. The number of likely N-dealkylation sites (N-methyl/N-ethyl adjacent to an activating group) is 1. The average Bonchev–Trinajstić information content (AvgIpc) is 2.69. The second kappa shape index (κ2) is 6.28. The van der Waals surface area contributed by atoms with Crippen LogP contribution in [0.2, 0.25) is 0 Å². The van der Waals surface area contributed by atoms with Crippen LogP contribution in [0.5, 0.6) is 0 Å². The molecule has 1 spiro atoms. The zero-order valence-electron chi connectivity index (χ0n) is 13.7. The first-order chi connectivity index (χ1) is 11.0. The summed E-state index contributed by atoms with van der Waals surface area (Å²) in [4.78, 5) is 33.1. The monoisotopic (exact) mass is 317 g/mol. The van der Waals surface area contributed by atoms with Crippen LogP contribution in [0.3, 0.4) is 0 Å². The van der Waals surface area contributed by atoms with Crippen LogP contribution in [0.25, 0.3) is 0 Å². The van der Waals surface area contributed by atoms with E-state index in [1.807, 2.05) is 20.0 Å². The van der Waals surface area contributed by atoms with Crippen LogP contribution in [0.4, 0.5) is 0 Å². The average molecular weight is 317 g/mol. The molecule has 3 heterocycles. The summed E-state index contributed by atoms with van der Waals surface area (Å²) < 4.78 is 5.90. The van der Waals surface area contributed by atoms with Crippen LogP contribution in [-0.2, 0) is 9.53 Å². The minimum Gasteiger partial charge on any atom is -0.361 e. The lowest BCUT2D eigenvalue weighted by atomic mass is 9.94. The highest BCUT2D eigenvalue weighted by Gasteiger charge is 2.47. The molecule has 1 aromatic heterocycles. The van der Waals surface area contributed by atoms with E-state index in [0.29, 0.717) is 31.7 Å². The van der Waals surface area contributed by atoms with Crippen molar-refractivity contribution in [2.75, 3.05) is 33.3 Å². The Bertz CT molecular complexity index is 602. The third kappa shape index (κ3) is 3.08. The number of aryl methyl sites for hydroxylation is 1. The molecule has 1 unspecified atom stereocenters. The topological polar surface area (TPSA) is 62.7 Å². The molecule has 1 aromatic rings. The van der Waals surface area contributed by atoms with Crippen molar-refractivity contribution in [1.29, 1.82) is 0 Å². The molecule has 0 saturated carbocycles. The molecule has 0 aliphatic carbocycles. The molecular weight excluding hydrogens is 294 g/mol. The molecule has 23 heavy (non-hydrogen) atoms. The smallest absolute Gasteiger partial charge is 0.256 e. The van der Waals surface area contributed by atoms with Crippen molar-refractivity contribution in [3.63, 3.8) is 0 Å². The Hall–Kier alpha value is -1.95. The van der Waals surface area contributed by atoms with E-state index in [0.717, 1.165) is 25.1 Å². The third-order valence-corrected chi connectivity index (χ3v) is 4.69. The standard InChI is InChI=1S/C17H23N3O3/c1-13-5-6-14(11-18-13)15(21)20-9-10-23-17(12-20)7-3-4-8-19(2)16(17)22/h5-6,11H,3-4,7-10,12H2,1-2H3. The molecule has 0 radical (unpaired) electrons. The fourth-order valence-electron chi connectivity index (χ4n) is 3.33. The number of aromatic nitrogens is 1. The van der Waals surface area contributed by atoms with Gasteiger partial charge in [-0.15, -0.1) is 0 Å². The van der Waals surface area contributed by atoms with Gasteiger partial charge in [0.05, 0.1) is 18.7 Å². The highest BCUT2D eigenvalue weighted by molar-refractivity contribution is 5.95. The molecule has 0 aromatic carbocycles. The molecule has 6 nitrogen and oxygen atoms in total. The normalized spacial score (nSPS) is 25.6. The number of hydrogen-bond donors (Lipinski definition) is 0. The lowest BCUT2D eigenvalue weighted by Crippen LogP contribution is -2.60. The fraction of sp³-hybridized carbons (Fsp3) is 0.588. The Morgan fingerprint density at radius 1 is 1.30 bits per heavy atom. The molecule has 2 amide bonds. The van der Waals surface area contributed by atoms with Gasteiger partial charge in [0.2, 0.25) is 0 Å². The second-order valence-electron chi connectivity index (χ2n) is 6.44. The van der Waals surface area contributed by atoms with E-state index in [4.69, 9.17) is 4.74 Å². The van der Waals surface area contributed by atoms with Crippen LogP contribution in [-0.4, -0.2) is 65.5 Å². The maximum atomic E-state index is 12.7. The minimum atomic E-state index is -0.878. The van der Waals surface area contributed by atoms with Crippen molar-refractivity contribution in [3.8, 4) is 0 Å². The van der Waals surface area contributed by atoms with Gasteiger partial charge in [-0.1, -0.05) is 0 Å². The second-order valence-corrected chi connectivity index (χ2v) is 6.44. The van der Waals surface area contributed by atoms with Crippen LogP contribution in [0.1, 0.15) is 35.3 Å². The van der Waals surface area contributed by atoms with Gasteiger partial charge in [-0.3, -0.25) is 14.6 Å². The number of amides is 2. The number of rotatable bonds is 1. The van der Waals surface area contributed by atoms with Crippen LogP contribution < -0.4 is 0 Å². The first-order valence-electron chi connectivity index (χ1n) is 8.13. The molecular formula is C17H23N3O3.